The molecule has 1 aromatic heterocycles. The number of ether oxygens (including phenoxy) is 1. The highest BCUT2D eigenvalue weighted by atomic mass is 79.9. The zero-order valence-electron chi connectivity index (χ0n) is 9.40. The van der Waals surface area contributed by atoms with Crippen LogP contribution in [0, 0.1) is 0 Å². The van der Waals surface area contributed by atoms with Crippen molar-refractivity contribution < 1.29 is 13.2 Å². The van der Waals surface area contributed by atoms with E-state index in [0.29, 0.717) is 10.8 Å². The van der Waals surface area contributed by atoms with Gasteiger partial charge in [-0.1, -0.05) is 0 Å². The zero-order chi connectivity index (χ0) is 12.5. The van der Waals surface area contributed by atoms with E-state index in [-0.39, 0.29) is 5.60 Å². The zero-order valence-corrected chi connectivity index (χ0v) is 12.6. The lowest BCUT2D eigenvalue weighted by atomic mass is 9.80. The van der Waals surface area contributed by atoms with Crippen molar-refractivity contribution in [1.29, 1.82) is 0 Å². The Morgan fingerprint density at radius 2 is 2.24 bits per heavy atom. The van der Waals surface area contributed by atoms with Crippen molar-refractivity contribution in [3.8, 4) is 0 Å². The van der Waals surface area contributed by atoms with Gasteiger partial charge in [-0.25, -0.2) is 13.1 Å². The Bertz CT molecular complexity index is 488. The minimum atomic E-state index is -3.40. The predicted molar refractivity (Wildman–Crippen MR) is 70.8 cm³/mol. The molecule has 0 atom stereocenters. The molecule has 0 saturated heterocycles. The Morgan fingerprint density at radius 3 is 2.65 bits per heavy atom. The minimum absolute atomic E-state index is 0.290. The van der Waals surface area contributed by atoms with Crippen LogP contribution in [0.15, 0.2) is 20.1 Å². The van der Waals surface area contributed by atoms with Gasteiger partial charge >= 0.3 is 0 Å². The quantitative estimate of drug-likeness (QED) is 0.895. The largest absolute Gasteiger partial charge is 0.377 e. The molecule has 0 aromatic carbocycles. The van der Waals surface area contributed by atoms with Crippen LogP contribution in [-0.4, -0.2) is 27.7 Å². The molecule has 0 amide bonds. The summed E-state index contributed by atoms with van der Waals surface area (Å²) in [5, 5.41) is 0. The van der Waals surface area contributed by atoms with Crippen molar-refractivity contribution in [1.82, 2.24) is 4.72 Å². The minimum Gasteiger partial charge on any atom is -0.377 e. The first-order valence-electron chi connectivity index (χ1n) is 5.28. The van der Waals surface area contributed by atoms with Crippen LogP contribution in [0.25, 0.3) is 0 Å². The van der Waals surface area contributed by atoms with Gasteiger partial charge in [0.25, 0.3) is 0 Å². The van der Waals surface area contributed by atoms with Gasteiger partial charge in [0.2, 0.25) is 10.0 Å². The topological polar surface area (TPSA) is 55.4 Å². The third-order valence-corrected chi connectivity index (χ3v) is 6.61. The predicted octanol–water partition coefficient (Wildman–Crippen LogP) is 2.36. The van der Waals surface area contributed by atoms with Crippen molar-refractivity contribution in [2.24, 2.45) is 0 Å². The van der Waals surface area contributed by atoms with Crippen LogP contribution in [0.5, 0.6) is 0 Å². The first kappa shape index (κ1) is 13.5. The fourth-order valence-corrected chi connectivity index (χ4v) is 4.93. The second kappa shape index (κ2) is 4.97. The maximum atomic E-state index is 12.0. The monoisotopic (exact) mass is 339 g/mol. The maximum Gasteiger partial charge on any atom is 0.250 e. The number of methoxy groups -OCH3 is 1. The van der Waals surface area contributed by atoms with Crippen LogP contribution < -0.4 is 4.72 Å². The second-order valence-corrected chi connectivity index (χ2v) is 8.58. The van der Waals surface area contributed by atoms with Gasteiger partial charge in [-0.3, -0.25) is 0 Å². The molecule has 1 aliphatic rings. The van der Waals surface area contributed by atoms with Crippen LogP contribution in [0.2, 0.25) is 0 Å². The van der Waals surface area contributed by atoms with Crippen LogP contribution in [0.4, 0.5) is 0 Å². The number of rotatable bonds is 5. The number of hydrogen-bond acceptors (Lipinski definition) is 4. The van der Waals surface area contributed by atoms with E-state index in [2.05, 4.69) is 20.7 Å². The lowest BCUT2D eigenvalue weighted by molar-refractivity contribution is -0.0659. The van der Waals surface area contributed by atoms with E-state index in [0.717, 1.165) is 23.0 Å². The molecule has 1 N–H and O–H groups in total. The third-order valence-electron chi connectivity index (χ3n) is 3.10. The molecular weight excluding hydrogens is 326 g/mol. The highest BCUT2D eigenvalue weighted by molar-refractivity contribution is 9.11. The van der Waals surface area contributed by atoms with Gasteiger partial charge in [-0.15, -0.1) is 11.3 Å². The normalized spacial score (nSPS) is 18.9. The summed E-state index contributed by atoms with van der Waals surface area (Å²) in [7, 11) is -1.77. The summed E-state index contributed by atoms with van der Waals surface area (Å²) in [4.78, 5) is 0. The van der Waals surface area contributed by atoms with E-state index in [1.165, 1.54) is 11.3 Å². The number of nitrogens with one attached hydrogen (secondary N) is 1. The molecule has 1 heterocycles. The Hall–Kier alpha value is 0.0500. The van der Waals surface area contributed by atoms with Crippen molar-refractivity contribution in [3.05, 3.63) is 15.9 Å². The lowest BCUT2D eigenvalue weighted by Crippen LogP contribution is -2.49. The SMILES string of the molecule is COC1(CNS(=O)(=O)c2ccc(Br)s2)CCC1. The van der Waals surface area contributed by atoms with Crippen molar-refractivity contribution >= 4 is 37.3 Å². The summed E-state index contributed by atoms with van der Waals surface area (Å²) in [6.45, 7) is 0.349. The number of thiophene rings is 1. The molecule has 0 spiro atoms. The molecule has 4 nitrogen and oxygen atoms in total. The standard InChI is InChI=1S/C10H14BrNO3S2/c1-15-10(5-2-6-10)7-12-17(13,14)9-4-3-8(11)16-9/h3-4,12H,2,5-7H2,1H3. The van der Waals surface area contributed by atoms with Crippen molar-refractivity contribution in [3.63, 3.8) is 0 Å². The molecule has 7 heteroatoms. The summed E-state index contributed by atoms with van der Waals surface area (Å²) in [5.41, 5.74) is -0.290. The third kappa shape index (κ3) is 2.90. The first-order chi connectivity index (χ1) is 7.97. The molecule has 1 saturated carbocycles. The van der Waals surface area contributed by atoms with Crippen LogP contribution in [-0.2, 0) is 14.8 Å². The molecule has 0 bridgehead atoms. The van der Waals surface area contributed by atoms with E-state index >= 15 is 0 Å². The number of halogens is 1. The first-order valence-corrected chi connectivity index (χ1v) is 8.37. The fourth-order valence-electron chi connectivity index (χ4n) is 1.76. The molecule has 0 aliphatic heterocycles. The van der Waals surface area contributed by atoms with E-state index in [1.54, 1.807) is 19.2 Å². The number of hydrogen-bond donors (Lipinski definition) is 1. The van der Waals surface area contributed by atoms with Gasteiger partial charge in [-0.2, -0.15) is 0 Å². The van der Waals surface area contributed by atoms with Gasteiger partial charge in [0, 0.05) is 13.7 Å². The molecule has 96 valence electrons. The molecule has 0 radical (unpaired) electrons. The van der Waals surface area contributed by atoms with Crippen molar-refractivity contribution in [2.45, 2.75) is 29.1 Å². The Balaban J connectivity index is 2.03. The van der Waals surface area contributed by atoms with E-state index in [9.17, 15) is 8.42 Å². The summed E-state index contributed by atoms with van der Waals surface area (Å²) < 4.78 is 33.1. The van der Waals surface area contributed by atoms with Crippen LogP contribution >= 0.6 is 27.3 Å². The summed E-state index contributed by atoms with van der Waals surface area (Å²) in [6.07, 6.45) is 2.93. The van der Waals surface area contributed by atoms with E-state index < -0.39 is 10.0 Å². The Labute approximate surface area is 114 Å². The molecule has 17 heavy (non-hydrogen) atoms. The molecule has 1 aromatic rings. The van der Waals surface area contributed by atoms with Gasteiger partial charge < -0.3 is 4.74 Å². The average Bonchev–Trinajstić information content (AvgIpc) is 2.64. The van der Waals surface area contributed by atoms with E-state index in [4.69, 9.17) is 4.74 Å². The van der Waals surface area contributed by atoms with Crippen LogP contribution in [0.1, 0.15) is 19.3 Å². The summed E-state index contributed by atoms with van der Waals surface area (Å²) in [6, 6.07) is 3.33. The molecule has 1 fully saturated rings. The van der Waals surface area contributed by atoms with Gasteiger partial charge in [0.1, 0.15) is 4.21 Å². The molecule has 1 aliphatic carbocycles. The highest BCUT2D eigenvalue weighted by Crippen LogP contribution is 2.35. The second-order valence-electron chi connectivity index (χ2n) is 4.12. The molecular formula is C10H14BrNO3S2. The smallest absolute Gasteiger partial charge is 0.250 e. The van der Waals surface area contributed by atoms with Crippen LogP contribution in [0.3, 0.4) is 0 Å². The van der Waals surface area contributed by atoms with Gasteiger partial charge in [0.05, 0.1) is 9.39 Å². The molecule has 0 unspecified atom stereocenters. The van der Waals surface area contributed by atoms with Gasteiger partial charge in [-0.05, 0) is 47.3 Å². The summed E-state index contributed by atoms with van der Waals surface area (Å²) >= 11 is 4.46. The highest BCUT2D eigenvalue weighted by Gasteiger charge is 2.38. The maximum absolute atomic E-state index is 12.0. The van der Waals surface area contributed by atoms with Crippen molar-refractivity contribution in [2.75, 3.05) is 13.7 Å². The Kier molecular flexibility index (Phi) is 3.94. The fraction of sp³-hybridized carbons (Fsp3) is 0.600. The van der Waals surface area contributed by atoms with Gasteiger partial charge in [0.15, 0.2) is 0 Å². The Morgan fingerprint density at radius 1 is 1.53 bits per heavy atom. The lowest BCUT2D eigenvalue weighted by Gasteiger charge is -2.40. The number of sulfonamides is 1. The summed E-state index contributed by atoms with van der Waals surface area (Å²) in [5.74, 6) is 0. The molecule has 2 rings (SSSR count). The van der Waals surface area contributed by atoms with E-state index in [1.807, 2.05) is 0 Å². The average molecular weight is 340 g/mol.